The third kappa shape index (κ3) is 4.99. The first-order valence-electron chi connectivity index (χ1n) is 8.06. The summed E-state index contributed by atoms with van der Waals surface area (Å²) in [5, 5.41) is 11.1. The molecule has 2 aromatic carbocycles. The summed E-state index contributed by atoms with van der Waals surface area (Å²) in [6.45, 7) is 4.62. The van der Waals surface area contributed by atoms with Crippen molar-refractivity contribution in [1.82, 2.24) is 14.8 Å². The van der Waals surface area contributed by atoms with Crippen LogP contribution in [0.1, 0.15) is 11.4 Å². The van der Waals surface area contributed by atoms with Gasteiger partial charge in [0, 0.05) is 22.3 Å². The lowest BCUT2D eigenvalue weighted by Gasteiger charge is -2.10. The number of para-hydroxylation sites is 1. The molecule has 0 aliphatic carbocycles. The third-order valence-corrected chi connectivity index (χ3v) is 5.72. The largest absolute Gasteiger partial charge is 0.484 e. The van der Waals surface area contributed by atoms with Gasteiger partial charge in [-0.15, -0.1) is 16.8 Å². The molecule has 8 heteroatoms. The van der Waals surface area contributed by atoms with Crippen molar-refractivity contribution in [3.8, 4) is 5.75 Å². The summed E-state index contributed by atoms with van der Waals surface area (Å²) >= 11 is 20.1. The number of aromatic nitrogens is 3. The minimum Gasteiger partial charge on any atom is -0.484 e. The number of benzene rings is 2. The van der Waals surface area contributed by atoms with Gasteiger partial charge in [-0.05, 0) is 29.8 Å². The molecule has 0 unspecified atom stereocenters. The zero-order valence-electron chi connectivity index (χ0n) is 14.2. The predicted octanol–water partition coefficient (Wildman–Crippen LogP) is 6.30. The van der Waals surface area contributed by atoms with E-state index in [-0.39, 0.29) is 6.61 Å². The van der Waals surface area contributed by atoms with Crippen LogP contribution < -0.4 is 4.74 Å². The Labute approximate surface area is 177 Å². The summed E-state index contributed by atoms with van der Waals surface area (Å²) in [7, 11) is 0. The van der Waals surface area contributed by atoms with Crippen LogP contribution in [0.15, 0.2) is 60.3 Å². The maximum absolute atomic E-state index is 6.24. The molecule has 0 saturated carbocycles. The molecule has 4 nitrogen and oxygen atoms in total. The van der Waals surface area contributed by atoms with Crippen molar-refractivity contribution in [3.63, 3.8) is 0 Å². The lowest BCUT2D eigenvalue weighted by Crippen LogP contribution is -2.07. The zero-order valence-corrected chi connectivity index (χ0v) is 17.3. The number of rotatable bonds is 8. The van der Waals surface area contributed by atoms with Gasteiger partial charge in [-0.1, -0.05) is 70.8 Å². The second kappa shape index (κ2) is 9.51. The molecule has 0 aliphatic rings. The van der Waals surface area contributed by atoms with E-state index >= 15 is 0 Å². The summed E-state index contributed by atoms with van der Waals surface area (Å²) in [5.41, 5.74) is 0.868. The van der Waals surface area contributed by atoms with E-state index in [1.165, 1.54) is 11.8 Å². The van der Waals surface area contributed by atoms with Crippen molar-refractivity contribution in [2.45, 2.75) is 24.1 Å². The van der Waals surface area contributed by atoms with Crippen LogP contribution in [0.5, 0.6) is 5.75 Å². The highest BCUT2D eigenvalue weighted by molar-refractivity contribution is 7.98. The fourth-order valence-electron chi connectivity index (χ4n) is 2.36. The highest BCUT2D eigenvalue weighted by Crippen LogP contribution is 2.31. The van der Waals surface area contributed by atoms with Gasteiger partial charge in [0.05, 0.1) is 5.02 Å². The maximum Gasteiger partial charge on any atom is 0.191 e. The average molecular weight is 441 g/mol. The van der Waals surface area contributed by atoms with E-state index < -0.39 is 0 Å². The number of ether oxygens (including phenoxy) is 1. The Morgan fingerprint density at radius 1 is 1.00 bits per heavy atom. The Balaban J connectivity index is 1.75. The SMILES string of the molecule is C=CCn1c(COc2ccccc2Cl)nnc1SCc1c(Cl)cccc1Cl. The summed E-state index contributed by atoms with van der Waals surface area (Å²) < 4.78 is 7.73. The van der Waals surface area contributed by atoms with Crippen LogP contribution in [0.3, 0.4) is 0 Å². The van der Waals surface area contributed by atoms with Gasteiger partial charge >= 0.3 is 0 Å². The first kappa shape index (κ1) is 20.1. The standard InChI is InChI=1S/C19H16Cl3N3OS/c1-2-10-25-18(11-26-17-9-4-3-6-16(17)22)23-24-19(25)27-12-13-14(20)7-5-8-15(13)21/h2-9H,1,10-12H2. The molecule has 1 aromatic heterocycles. The van der Waals surface area contributed by atoms with Crippen LogP contribution in [0.25, 0.3) is 0 Å². The Morgan fingerprint density at radius 3 is 2.41 bits per heavy atom. The van der Waals surface area contributed by atoms with Crippen LogP contribution >= 0.6 is 46.6 Å². The van der Waals surface area contributed by atoms with E-state index in [1.807, 2.05) is 41.0 Å². The van der Waals surface area contributed by atoms with Gasteiger partial charge < -0.3 is 4.74 Å². The van der Waals surface area contributed by atoms with Crippen molar-refractivity contribution in [1.29, 1.82) is 0 Å². The van der Waals surface area contributed by atoms with Crippen LogP contribution in [0.4, 0.5) is 0 Å². The quantitative estimate of drug-likeness (QED) is 0.304. The average Bonchev–Trinajstić information content (AvgIpc) is 3.03. The number of hydrogen-bond acceptors (Lipinski definition) is 4. The van der Waals surface area contributed by atoms with Crippen LogP contribution in [0.2, 0.25) is 15.1 Å². The minimum atomic E-state index is 0.248. The second-order valence-electron chi connectivity index (χ2n) is 5.51. The fraction of sp³-hybridized carbons (Fsp3) is 0.158. The van der Waals surface area contributed by atoms with Gasteiger partial charge in [-0.2, -0.15) is 0 Å². The lowest BCUT2D eigenvalue weighted by atomic mass is 10.2. The predicted molar refractivity (Wildman–Crippen MR) is 112 cm³/mol. The first-order valence-corrected chi connectivity index (χ1v) is 10.2. The normalized spacial score (nSPS) is 10.8. The van der Waals surface area contributed by atoms with Crippen LogP contribution in [0, 0.1) is 0 Å². The molecule has 0 spiro atoms. The fourth-order valence-corrected chi connectivity index (χ4v) is 4.25. The number of thioether (sulfide) groups is 1. The van der Waals surface area contributed by atoms with E-state index in [2.05, 4.69) is 16.8 Å². The van der Waals surface area contributed by atoms with Gasteiger partial charge in [-0.25, -0.2) is 0 Å². The number of allylic oxidation sites excluding steroid dienone is 1. The molecule has 0 saturated heterocycles. The number of hydrogen-bond donors (Lipinski definition) is 0. The molecule has 140 valence electrons. The van der Waals surface area contributed by atoms with Crippen molar-refractivity contribution in [3.05, 3.63) is 81.6 Å². The van der Waals surface area contributed by atoms with E-state index in [0.717, 1.165) is 10.7 Å². The Bertz CT molecular complexity index is 925. The summed E-state index contributed by atoms with van der Waals surface area (Å²) in [6.07, 6.45) is 1.79. The zero-order chi connectivity index (χ0) is 19.2. The molecule has 0 N–H and O–H groups in total. The Kier molecular flexibility index (Phi) is 7.07. The highest BCUT2D eigenvalue weighted by atomic mass is 35.5. The van der Waals surface area contributed by atoms with Crippen molar-refractivity contribution >= 4 is 46.6 Å². The number of halogens is 3. The van der Waals surface area contributed by atoms with Gasteiger partial charge in [0.2, 0.25) is 0 Å². The van der Waals surface area contributed by atoms with Crippen molar-refractivity contribution in [2.75, 3.05) is 0 Å². The van der Waals surface area contributed by atoms with E-state index in [9.17, 15) is 0 Å². The topological polar surface area (TPSA) is 39.9 Å². The smallest absolute Gasteiger partial charge is 0.191 e. The molecule has 0 radical (unpaired) electrons. The molecular weight excluding hydrogens is 425 g/mol. The van der Waals surface area contributed by atoms with Crippen molar-refractivity contribution < 1.29 is 4.74 Å². The summed E-state index contributed by atoms with van der Waals surface area (Å²) in [5.74, 6) is 1.87. The summed E-state index contributed by atoms with van der Waals surface area (Å²) in [6, 6.07) is 12.8. The van der Waals surface area contributed by atoms with Gasteiger partial charge in [-0.3, -0.25) is 4.57 Å². The second-order valence-corrected chi connectivity index (χ2v) is 7.67. The molecule has 0 bridgehead atoms. The maximum atomic E-state index is 6.24. The lowest BCUT2D eigenvalue weighted by molar-refractivity contribution is 0.289. The van der Waals surface area contributed by atoms with Gasteiger partial charge in [0.25, 0.3) is 0 Å². The van der Waals surface area contributed by atoms with Crippen molar-refractivity contribution in [2.24, 2.45) is 0 Å². The van der Waals surface area contributed by atoms with Crippen LogP contribution in [-0.4, -0.2) is 14.8 Å². The van der Waals surface area contributed by atoms with Gasteiger partial charge in [0.1, 0.15) is 12.4 Å². The molecule has 27 heavy (non-hydrogen) atoms. The molecule has 3 rings (SSSR count). The third-order valence-electron chi connectivity index (χ3n) is 3.71. The Hall–Kier alpha value is -1.66. The molecule has 0 atom stereocenters. The van der Waals surface area contributed by atoms with Gasteiger partial charge in [0.15, 0.2) is 11.0 Å². The Morgan fingerprint density at radius 2 is 1.70 bits per heavy atom. The molecule has 3 aromatic rings. The highest BCUT2D eigenvalue weighted by Gasteiger charge is 2.15. The van der Waals surface area contributed by atoms with E-state index in [4.69, 9.17) is 39.5 Å². The minimum absolute atomic E-state index is 0.248. The van der Waals surface area contributed by atoms with Crippen LogP contribution in [-0.2, 0) is 18.9 Å². The monoisotopic (exact) mass is 439 g/mol. The molecule has 0 amide bonds. The molecule has 1 heterocycles. The molecule has 0 aliphatic heterocycles. The molecular formula is C19H16Cl3N3OS. The summed E-state index contributed by atoms with van der Waals surface area (Å²) in [4.78, 5) is 0. The molecule has 0 fully saturated rings. The van der Waals surface area contributed by atoms with E-state index in [1.54, 1.807) is 12.1 Å². The number of nitrogens with zero attached hydrogens (tertiary/aromatic N) is 3. The first-order chi connectivity index (χ1) is 13.1. The van der Waals surface area contributed by atoms with E-state index in [0.29, 0.717) is 38.9 Å².